The van der Waals surface area contributed by atoms with Gasteiger partial charge in [-0.25, -0.2) is 0 Å². The molecule has 0 aromatic heterocycles. The molecule has 4 nitrogen and oxygen atoms in total. The first-order chi connectivity index (χ1) is 18.8. The van der Waals surface area contributed by atoms with Crippen LogP contribution < -0.4 is 0 Å². The molecule has 1 aliphatic rings. The summed E-state index contributed by atoms with van der Waals surface area (Å²) < 4.78 is 4.37. The van der Waals surface area contributed by atoms with Gasteiger partial charge in [0.05, 0.1) is 44.6 Å². The Morgan fingerprint density at radius 1 is 0.525 bits per heavy atom. The molecule has 0 fully saturated rings. The first kappa shape index (κ1) is 30.9. The fourth-order valence-electron chi connectivity index (χ4n) is 4.22. The van der Waals surface area contributed by atoms with Gasteiger partial charge in [-0.3, -0.25) is 0 Å². The summed E-state index contributed by atoms with van der Waals surface area (Å²) in [4.78, 5) is 0. The second-order valence-electron chi connectivity index (χ2n) is 11.7. The molecule has 4 rings (SSSR count). The Bertz CT molecular complexity index is 1350. The van der Waals surface area contributed by atoms with Gasteiger partial charge in [0.1, 0.15) is 0 Å². The quantitative estimate of drug-likeness (QED) is 0.105. The topological polar surface area (TPSA) is 31.2 Å². The normalized spacial score (nSPS) is 15.4. The van der Waals surface area contributed by atoms with Crippen LogP contribution >= 0.6 is 46.4 Å². The summed E-state index contributed by atoms with van der Waals surface area (Å²) in [6.45, 7) is 14.9. The van der Waals surface area contributed by atoms with Crippen molar-refractivity contribution in [3.05, 3.63) is 115 Å². The highest BCUT2D eigenvalue weighted by Crippen LogP contribution is 2.44. The van der Waals surface area contributed by atoms with Crippen molar-refractivity contribution >= 4 is 74.3 Å². The molecule has 0 saturated heterocycles. The molecule has 0 aliphatic heterocycles. The van der Waals surface area contributed by atoms with E-state index in [1.807, 2.05) is 48.6 Å². The van der Waals surface area contributed by atoms with Gasteiger partial charge in [0.15, 0.2) is 16.5 Å². The van der Waals surface area contributed by atoms with E-state index in [9.17, 15) is 0 Å². The zero-order valence-electron chi connectivity index (χ0n) is 23.6. The van der Waals surface area contributed by atoms with Gasteiger partial charge in [-0.2, -0.15) is 10.2 Å². The van der Waals surface area contributed by atoms with Crippen LogP contribution in [0.3, 0.4) is 0 Å². The second-order valence-corrected chi connectivity index (χ2v) is 23.0. The van der Waals surface area contributed by atoms with Gasteiger partial charge in [0.25, 0.3) is 0 Å². The predicted octanol–water partition coefficient (Wildman–Crippen LogP) is 9.95. The van der Waals surface area contributed by atoms with E-state index in [4.69, 9.17) is 56.6 Å². The van der Waals surface area contributed by atoms with Crippen molar-refractivity contribution in [2.24, 2.45) is 10.2 Å². The molecule has 0 spiro atoms. The minimum Gasteiger partial charge on any atom is -0.320 e. The molecule has 3 aromatic carbocycles. The Kier molecular flexibility index (Phi) is 9.60. The van der Waals surface area contributed by atoms with Crippen LogP contribution in [0.4, 0.5) is 0 Å². The van der Waals surface area contributed by atoms with E-state index in [1.54, 1.807) is 0 Å². The van der Waals surface area contributed by atoms with E-state index in [1.165, 1.54) is 11.1 Å². The predicted molar refractivity (Wildman–Crippen MR) is 179 cm³/mol. The Labute approximate surface area is 260 Å². The lowest BCUT2D eigenvalue weighted by molar-refractivity contribution is 0.443. The molecule has 210 valence electrons. The van der Waals surface area contributed by atoms with Gasteiger partial charge >= 0.3 is 0 Å². The van der Waals surface area contributed by atoms with Crippen LogP contribution in [0.2, 0.25) is 59.4 Å². The summed E-state index contributed by atoms with van der Waals surface area (Å²) in [6.07, 6.45) is 3.91. The van der Waals surface area contributed by atoms with Crippen molar-refractivity contribution in [1.82, 2.24) is 9.35 Å². The molecule has 1 aliphatic carbocycles. The minimum atomic E-state index is -1.90. The van der Waals surface area contributed by atoms with Crippen LogP contribution in [-0.2, 0) is 13.1 Å². The molecule has 0 atom stereocenters. The number of rotatable bonds is 8. The van der Waals surface area contributed by atoms with Crippen LogP contribution in [0.1, 0.15) is 22.3 Å². The van der Waals surface area contributed by atoms with E-state index in [2.05, 4.69) is 72.9 Å². The molecule has 0 N–H and O–H groups in total. The summed E-state index contributed by atoms with van der Waals surface area (Å²) >= 11 is 27.0. The van der Waals surface area contributed by atoms with Gasteiger partial charge in [-0.15, -0.1) is 0 Å². The summed E-state index contributed by atoms with van der Waals surface area (Å²) in [5.74, 6) is 0. The second kappa shape index (κ2) is 12.4. The van der Waals surface area contributed by atoms with Crippen LogP contribution in [0.15, 0.2) is 83.0 Å². The highest BCUT2D eigenvalue weighted by atomic mass is 35.5. The number of hydrazone groups is 2. The average Bonchev–Trinajstić information content (AvgIpc) is 2.90. The highest BCUT2D eigenvalue weighted by Gasteiger charge is 2.32. The van der Waals surface area contributed by atoms with Crippen molar-refractivity contribution in [3.63, 3.8) is 0 Å². The van der Waals surface area contributed by atoms with Crippen LogP contribution in [0, 0.1) is 0 Å². The van der Waals surface area contributed by atoms with Crippen LogP contribution in [0.5, 0.6) is 0 Å². The maximum absolute atomic E-state index is 6.91. The molecule has 40 heavy (non-hydrogen) atoms. The molecule has 10 heteroatoms. The van der Waals surface area contributed by atoms with Crippen molar-refractivity contribution in [2.75, 3.05) is 0 Å². The summed E-state index contributed by atoms with van der Waals surface area (Å²) in [5, 5.41) is 11.4. The summed E-state index contributed by atoms with van der Waals surface area (Å²) in [7, 11) is -3.80. The number of benzene rings is 3. The average molecular weight is 649 g/mol. The fourth-order valence-corrected chi connectivity index (χ4v) is 7.40. The number of nitrogens with zero attached hydrogens (tertiary/aromatic N) is 4. The first-order valence-corrected chi connectivity index (χ1v) is 21.5. The van der Waals surface area contributed by atoms with E-state index in [0.29, 0.717) is 45.7 Å². The number of hydrogen-bond donors (Lipinski definition) is 0. The number of halogens is 4. The molecule has 0 bridgehead atoms. The third-order valence-corrected chi connectivity index (χ3v) is 12.0. The lowest BCUT2D eigenvalue weighted by Crippen LogP contribution is -2.43. The van der Waals surface area contributed by atoms with E-state index in [-0.39, 0.29) is 10.0 Å². The molecule has 0 saturated carbocycles. The SMILES string of the molecule is C[Si](C)(C)N(Cc1ccccc1)N=C1C=CC(=NN(Cc2ccccc2)[Si](C)(C)C)c2c(Cl)c(Cl)c(Cl)c(Cl)c21. The Morgan fingerprint density at radius 2 is 0.850 bits per heavy atom. The largest absolute Gasteiger partial charge is 0.320 e. The van der Waals surface area contributed by atoms with Gasteiger partial charge in [-0.1, -0.05) is 146 Å². The van der Waals surface area contributed by atoms with Crippen molar-refractivity contribution in [1.29, 1.82) is 0 Å². The standard InChI is InChI=1S/C30H34Cl4N4Si2/c1-39(2,3)37(19-21-13-9-7-10-14-21)35-23-17-18-24(26-25(23)27(31)29(33)30(34)28(26)32)36-38(40(4,5)6)20-22-15-11-8-12-16-22/h7-18H,19-20H2,1-6H3. The monoisotopic (exact) mass is 646 g/mol. The zero-order chi connectivity index (χ0) is 29.2. The molecular weight excluding hydrogens is 614 g/mol. The lowest BCUT2D eigenvalue weighted by atomic mass is 9.93. The fraction of sp³-hybridized carbons (Fsp3) is 0.267. The van der Waals surface area contributed by atoms with Gasteiger partial charge < -0.3 is 9.35 Å². The van der Waals surface area contributed by atoms with E-state index in [0.717, 1.165) is 0 Å². The maximum Gasteiger partial charge on any atom is 0.169 e. The maximum atomic E-state index is 6.91. The van der Waals surface area contributed by atoms with Crippen LogP contribution in [-0.4, -0.2) is 37.2 Å². The summed E-state index contributed by atoms with van der Waals surface area (Å²) in [6, 6.07) is 20.7. The van der Waals surface area contributed by atoms with Crippen molar-refractivity contribution in [3.8, 4) is 0 Å². The molecule has 0 heterocycles. The van der Waals surface area contributed by atoms with E-state index < -0.39 is 16.5 Å². The van der Waals surface area contributed by atoms with Gasteiger partial charge in [0.2, 0.25) is 0 Å². The highest BCUT2D eigenvalue weighted by molar-refractivity contribution is 6.73. The lowest BCUT2D eigenvalue weighted by Gasteiger charge is -2.34. The Morgan fingerprint density at radius 3 is 1.15 bits per heavy atom. The number of hydrogen-bond acceptors (Lipinski definition) is 4. The number of fused-ring (bicyclic) bond motifs is 1. The van der Waals surface area contributed by atoms with Crippen LogP contribution in [0.25, 0.3) is 0 Å². The molecule has 0 radical (unpaired) electrons. The molecule has 0 amide bonds. The van der Waals surface area contributed by atoms with E-state index >= 15 is 0 Å². The molecule has 0 unspecified atom stereocenters. The molecule has 3 aromatic rings. The third kappa shape index (κ3) is 7.04. The molecular formula is C30H34Cl4N4Si2. The van der Waals surface area contributed by atoms with Gasteiger partial charge in [0, 0.05) is 11.1 Å². The smallest absolute Gasteiger partial charge is 0.169 e. The number of allylic oxidation sites excluding steroid dienone is 2. The van der Waals surface area contributed by atoms with Crippen molar-refractivity contribution in [2.45, 2.75) is 52.4 Å². The Hall–Kier alpha value is -2.07. The first-order valence-electron chi connectivity index (χ1n) is 13.1. The minimum absolute atomic E-state index is 0.211. The zero-order valence-corrected chi connectivity index (χ0v) is 28.7. The van der Waals surface area contributed by atoms with Crippen molar-refractivity contribution < 1.29 is 0 Å². The van der Waals surface area contributed by atoms with Gasteiger partial charge in [-0.05, 0) is 23.3 Å². The summed E-state index contributed by atoms with van der Waals surface area (Å²) in [5.41, 5.74) is 5.02. The Balaban J connectivity index is 1.88. The third-order valence-electron chi connectivity index (χ3n) is 6.53.